The second kappa shape index (κ2) is 4.09. The first-order chi connectivity index (χ1) is 7.23. The molecule has 5 nitrogen and oxygen atoms in total. The van der Waals surface area contributed by atoms with Crippen molar-refractivity contribution in [1.29, 1.82) is 0 Å². The van der Waals surface area contributed by atoms with Crippen molar-refractivity contribution < 1.29 is 22.7 Å². The van der Waals surface area contributed by atoms with Crippen LogP contribution in [0.2, 0.25) is 0 Å². The van der Waals surface area contributed by atoms with Crippen LogP contribution in [0.5, 0.6) is 0 Å². The summed E-state index contributed by atoms with van der Waals surface area (Å²) in [5.74, 6) is -2.01. The van der Waals surface area contributed by atoms with Crippen LogP contribution in [0, 0.1) is 5.82 Å². The highest BCUT2D eigenvalue weighted by Crippen LogP contribution is 2.22. The number of aromatic carboxylic acids is 1. The Kier molecular flexibility index (Phi) is 3.18. The van der Waals surface area contributed by atoms with Gasteiger partial charge in [0.15, 0.2) is 0 Å². The first-order valence-electron chi connectivity index (χ1n) is 4.20. The number of carboxylic acids is 1. The fourth-order valence-electron chi connectivity index (χ4n) is 1.12. The van der Waals surface area contributed by atoms with Crippen LogP contribution in [0.4, 0.5) is 10.1 Å². The molecule has 1 aromatic rings. The van der Waals surface area contributed by atoms with Gasteiger partial charge in [-0.1, -0.05) is 0 Å². The van der Waals surface area contributed by atoms with Crippen molar-refractivity contribution in [3.05, 3.63) is 29.6 Å². The first kappa shape index (κ1) is 12.4. The van der Waals surface area contributed by atoms with Gasteiger partial charge in [-0.05, 0) is 18.2 Å². The summed E-state index contributed by atoms with van der Waals surface area (Å²) < 4.78 is 36.1. The summed E-state index contributed by atoms with van der Waals surface area (Å²) in [6.07, 6.45) is 0.906. The van der Waals surface area contributed by atoms with Crippen LogP contribution in [-0.2, 0) is 10.0 Å². The largest absolute Gasteiger partial charge is 0.478 e. The molecule has 0 spiro atoms. The number of hydrogen-bond acceptors (Lipinski definition) is 3. The Balaban J connectivity index is 3.42. The molecule has 1 aromatic carbocycles. The SMILES string of the molecule is CN(c1cc(F)ccc1C(=O)O)S(C)(=O)=O. The van der Waals surface area contributed by atoms with E-state index in [1.807, 2.05) is 0 Å². The maximum absolute atomic E-state index is 12.9. The summed E-state index contributed by atoms with van der Waals surface area (Å²) >= 11 is 0. The third kappa shape index (κ3) is 2.48. The van der Waals surface area contributed by atoms with Gasteiger partial charge < -0.3 is 5.11 Å². The van der Waals surface area contributed by atoms with Crippen molar-refractivity contribution in [1.82, 2.24) is 0 Å². The molecule has 1 rings (SSSR count). The van der Waals surface area contributed by atoms with Gasteiger partial charge in [-0.25, -0.2) is 17.6 Å². The minimum atomic E-state index is -3.63. The second-order valence-corrected chi connectivity index (χ2v) is 5.21. The van der Waals surface area contributed by atoms with Gasteiger partial charge in [-0.15, -0.1) is 0 Å². The van der Waals surface area contributed by atoms with E-state index in [-0.39, 0.29) is 11.3 Å². The predicted molar refractivity (Wildman–Crippen MR) is 56.6 cm³/mol. The second-order valence-electron chi connectivity index (χ2n) is 3.20. The zero-order valence-corrected chi connectivity index (χ0v) is 9.45. The Labute approximate surface area is 92.2 Å². The molecule has 16 heavy (non-hydrogen) atoms. The third-order valence-corrected chi connectivity index (χ3v) is 3.22. The number of carbonyl (C=O) groups is 1. The highest BCUT2D eigenvalue weighted by atomic mass is 32.2. The molecule has 0 saturated heterocycles. The summed E-state index contributed by atoms with van der Waals surface area (Å²) in [5.41, 5.74) is -0.468. The van der Waals surface area contributed by atoms with Gasteiger partial charge in [-0.2, -0.15) is 0 Å². The first-order valence-corrected chi connectivity index (χ1v) is 6.05. The maximum atomic E-state index is 12.9. The number of carboxylic acid groups (broad SMARTS) is 1. The molecule has 88 valence electrons. The van der Waals surface area contributed by atoms with Crippen LogP contribution in [0.25, 0.3) is 0 Å². The van der Waals surface area contributed by atoms with Gasteiger partial charge in [-0.3, -0.25) is 4.31 Å². The molecule has 0 radical (unpaired) electrons. The fourth-order valence-corrected chi connectivity index (χ4v) is 1.63. The molecule has 1 N–H and O–H groups in total. The van der Waals surface area contributed by atoms with E-state index in [9.17, 15) is 17.6 Å². The van der Waals surface area contributed by atoms with Gasteiger partial charge in [0.1, 0.15) is 5.82 Å². The van der Waals surface area contributed by atoms with E-state index in [1.165, 1.54) is 0 Å². The van der Waals surface area contributed by atoms with E-state index in [0.717, 1.165) is 35.8 Å². The lowest BCUT2D eigenvalue weighted by Gasteiger charge is -2.18. The number of rotatable bonds is 3. The van der Waals surface area contributed by atoms with Crippen LogP contribution in [0.1, 0.15) is 10.4 Å². The lowest BCUT2D eigenvalue weighted by atomic mass is 10.2. The molecule has 0 fully saturated rings. The Morgan fingerprint density at radius 1 is 1.44 bits per heavy atom. The number of nitrogens with zero attached hydrogens (tertiary/aromatic N) is 1. The molecular formula is C9H10FNO4S. The van der Waals surface area contributed by atoms with E-state index in [1.54, 1.807) is 0 Å². The molecule has 7 heteroatoms. The predicted octanol–water partition coefficient (Wildman–Crippen LogP) is 0.920. The Morgan fingerprint density at radius 2 is 2.00 bits per heavy atom. The van der Waals surface area contributed by atoms with Crippen molar-refractivity contribution in [2.24, 2.45) is 0 Å². The van der Waals surface area contributed by atoms with Crippen molar-refractivity contribution in [2.45, 2.75) is 0 Å². The van der Waals surface area contributed by atoms with Crippen LogP contribution in [-0.4, -0.2) is 32.8 Å². The van der Waals surface area contributed by atoms with Crippen molar-refractivity contribution >= 4 is 21.7 Å². The lowest BCUT2D eigenvalue weighted by Crippen LogP contribution is -2.26. The molecule has 0 aliphatic rings. The molecule has 0 aromatic heterocycles. The van der Waals surface area contributed by atoms with Crippen LogP contribution in [0.3, 0.4) is 0 Å². The number of sulfonamides is 1. The highest BCUT2D eigenvalue weighted by molar-refractivity contribution is 7.92. The summed E-state index contributed by atoms with van der Waals surface area (Å²) in [5, 5.41) is 8.83. The minimum absolute atomic E-state index is 0.199. The molecule has 0 unspecified atom stereocenters. The van der Waals surface area contributed by atoms with E-state index in [4.69, 9.17) is 5.11 Å². The number of anilines is 1. The van der Waals surface area contributed by atoms with E-state index in [2.05, 4.69) is 0 Å². The molecular weight excluding hydrogens is 237 g/mol. The van der Waals surface area contributed by atoms with Crippen molar-refractivity contribution in [2.75, 3.05) is 17.6 Å². The summed E-state index contributed by atoms with van der Waals surface area (Å²) in [7, 11) is -2.46. The van der Waals surface area contributed by atoms with Crippen LogP contribution in [0.15, 0.2) is 18.2 Å². The van der Waals surface area contributed by atoms with Gasteiger partial charge in [0.05, 0.1) is 17.5 Å². The van der Waals surface area contributed by atoms with Crippen molar-refractivity contribution in [3.8, 4) is 0 Å². The zero-order chi connectivity index (χ0) is 12.5. The lowest BCUT2D eigenvalue weighted by molar-refractivity contribution is 0.0698. The van der Waals surface area contributed by atoms with E-state index < -0.39 is 21.8 Å². The summed E-state index contributed by atoms with van der Waals surface area (Å²) in [4.78, 5) is 10.8. The molecule has 0 amide bonds. The van der Waals surface area contributed by atoms with Gasteiger partial charge in [0.25, 0.3) is 0 Å². The van der Waals surface area contributed by atoms with Crippen LogP contribution >= 0.6 is 0 Å². The van der Waals surface area contributed by atoms with Gasteiger partial charge in [0.2, 0.25) is 10.0 Å². The molecule has 0 atom stereocenters. The maximum Gasteiger partial charge on any atom is 0.337 e. The van der Waals surface area contributed by atoms with Gasteiger partial charge in [0, 0.05) is 7.05 Å². The van der Waals surface area contributed by atoms with Crippen molar-refractivity contribution in [3.63, 3.8) is 0 Å². The Morgan fingerprint density at radius 3 is 2.44 bits per heavy atom. The summed E-state index contributed by atoms with van der Waals surface area (Å²) in [6.45, 7) is 0. The molecule has 0 saturated carbocycles. The number of hydrogen-bond donors (Lipinski definition) is 1. The number of halogens is 1. The Hall–Kier alpha value is -1.63. The van der Waals surface area contributed by atoms with E-state index in [0.29, 0.717) is 0 Å². The molecule has 0 bridgehead atoms. The number of benzene rings is 1. The molecule has 0 aliphatic heterocycles. The fraction of sp³-hybridized carbons (Fsp3) is 0.222. The van der Waals surface area contributed by atoms with Gasteiger partial charge >= 0.3 is 5.97 Å². The average Bonchev–Trinajstić information content (AvgIpc) is 2.14. The standard InChI is InChI=1S/C9H10FNO4S/c1-11(16(2,14)15)8-5-6(10)3-4-7(8)9(12)13/h3-5H,1-2H3,(H,12,13). The third-order valence-electron chi connectivity index (χ3n) is 2.03. The minimum Gasteiger partial charge on any atom is -0.478 e. The average molecular weight is 247 g/mol. The zero-order valence-electron chi connectivity index (χ0n) is 8.64. The normalized spacial score (nSPS) is 11.2. The van der Waals surface area contributed by atoms with E-state index >= 15 is 0 Å². The smallest absolute Gasteiger partial charge is 0.337 e. The Bertz CT molecular complexity index is 526. The molecule has 0 heterocycles. The quantitative estimate of drug-likeness (QED) is 0.861. The molecule has 0 aliphatic carbocycles. The monoisotopic (exact) mass is 247 g/mol. The summed E-state index contributed by atoms with van der Waals surface area (Å²) in [6, 6.07) is 2.85. The topological polar surface area (TPSA) is 74.7 Å². The highest BCUT2D eigenvalue weighted by Gasteiger charge is 2.19. The van der Waals surface area contributed by atoms with Crippen LogP contribution < -0.4 is 4.31 Å².